The summed E-state index contributed by atoms with van der Waals surface area (Å²) in [4.78, 5) is 35.1. The van der Waals surface area contributed by atoms with Gasteiger partial charge in [0.2, 0.25) is 0 Å². The number of rotatable bonds is 0. The number of hydrogen-bond donors (Lipinski definition) is 0. The zero-order valence-corrected chi connectivity index (χ0v) is 8.34. The third-order valence-corrected chi connectivity index (χ3v) is 3.63. The normalized spacial score (nSPS) is 38.4. The van der Waals surface area contributed by atoms with Crippen LogP contribution in [0.25, 0.3) is 0 Å². The van der Waals surface area contributed by atoms with Crippen LogP contribution in [0.2, 0.25) is 0 Å². The van der Waals surface area contributed by atoms with Crippen molar-refractivity contribution in [1.82, 2.24) is 0 Å². The fourth-order valence-corrected chi connectivity index (χ4v) is 2.51. The van der Waals surface area contributed by atoms with Crippen molar-refractivity contribution < 1.29 is 14.4 Å². The van der Waals surface area contributed by atoms with Crippen LogP contribution in [0.4, 0.5) is 0 Å². The summed E-state index contributed by atoms with van der Waals surface area (Å²) in [5.74, 6) is -0.504. The first kappa shape index (κ1) is 9.56. The van der Waals surface area contributed by atoms with E-state index in [1.54, 1.807) is 6.92 Å². The van der Waals surface area contributed by atoms with Gasteiger partial charge in [0.05, 0.1) is 11.3 Å². The van der Waals surface area contributed by atoms with E-state index in [1.807, 2.05) is 0 Å². The SMILES string of the molecule is CC12CCC(=O)C(CCCC1=O)C2=O. The molecule has 14 heavy (non-hydrogen) atoms. The standard InChI is InChI=1S/C11H14O3/c1-11-6-5-8(12)7(10(11)14)3-2-4-9(11)13/h7H,2-6H2,1H3. The molecule has 0 saturated heterocycles. The molecule has 76 valence electrons. The van der Waals surface area contributed by atoms with E-state index in [-0.39, 0.29) is 17.3 Å². The maximum Gasteiger partial charge on any atom is 0.156 e. The monoisotopic (exact) mass is 194 g/mol. The quantitative estimate of drug-likeness (QED) is 0.546. The average molecular weight is 194 g/mol. The summed E-state index contributed by atoms with van der Waals surface area (Å²) in [6.45, 7) is 1.71. The summed E-state index contributed by atoms with van der Waals surface area (Å²) in [7, 11) is 0. The molecule has 0 heterocycles. The van der Waals surface area contributed by atoms with Crippen LogP contribution in [-0.2, 0) is 14.4 Å². The van der Waals surface area contributed by atoms with Gasteiger partial charge < -0.3 is 0 Å². The van der Waals surface area contributed by atoms with Gasteiger partial charge in [0.25, 0.3) is 0 Å². The maximum absolute atomic E-state index is 11.9. The van der Waals surface area contributed by atoms with Gasteiger partial charge in [0.1, 0.15) is 11.6 Å². The molecule has 2 bridgehead atoms. The van der Waals surface area contributed by atoms with E-state index in [2.05, 4.69) is 0 Å². The Hall–Kier alpha value is -0.990. The van der Waals surface area contributed by atoms with Crippen molar-refractivity contribution in [3.8, 4) is 0 Å². The molecule has 0 amide bonds. The highest BCUT2D eigenvalue weighted by molar-refractivity contribution is 6.17. The first-order chi connectivity index (χ1) is 6.55. The van der Waals surface area contributed by atoms with Gasteiger partial charge in [-0.1, -0.05) is 0 Å². The lowest BCUT2D eigenvalue weighted by molar-refractivity contribution is -0.148. The number of Topliss-reactive ketones (excluding diaryl/α,β-unsaturated/α-hetero) is 3. The Morgan fingerprint density at radius 1 is 1.21 bits per heavy atom. The van der Waals surface area contributed by atoms with Gasteiger partial charge in [-0.3, -0.25) is 14.4 Å². The Morgan fingerprint density at radius 3 is 2.64 bits per heavy atom. The zero-order chi connectivity index (χ0) is 10.3. The van der Waals surface area contributed by atoms with Crippen molar-refractivity contribution in [2.75, 3.05) is 0 Å². The molecule has 2 saturated carbocycles. The van der Waals surface area contributed by atoms with Crippen molar-refractivity contribution in [2.24, 2.45) is 11.3 Å². The third-order valence-electron chi connectivity index (χ3n) is 3.63. The molecule has 3 nitrogen and oxygen atoms in total. The second-order valence-electron chi connectivity index (χ2n) is 4.53. The van der Waals surface area contributed by atoms with Crippen LogP contribution in [0.15, 0.2) is 0 Å². The predicted molar refractivity (Wildman–Crippen MR) is 49.7 cm³/mol. The molecule has 0 spiro atoms. The number of ketones is 3. The lowest BCUT2D eigenvalue weighted by Crippen LogP contribution is -2.45. The number of hydrogen-bond acceptors (Lipinski definition) is 3. The van der Waals surface area contributed by atoms with Gasteiger partial charge in [0.15, 0.2) is 5.78 Å². The highest BCUT2D eigenvalue weighted by atomic mass is 16.2. The third kappa shape index (κ3) is 1.15. The minimum atomic E-state index is -0.838. The van der Waals surface area contributed by atoms with Crippen LogP contribution in [-0.4, -0.2) is 17.3 Å². The van der Waals surface area contributed by atoms with Gasteiger partial charge in [0, 0.05) is 12.8 Å². The molecule has 0 aliphatic heterocycles. The summed E-state index contributed by atoms with van der Waals surface area (Å²) < 4.78 is 0. The van der Waals surface area contributed by atoms with Crippen LogP contribution < -0.4 is 0 Å². The second kappa shape index (κ2) is 3.01. The van der Waals surface area contributed by atoms with Crippen molar-refractivity contribution in [1.29, 1.82) is 0 Å². The molecule has 2 unspecified atom stereocenters. The molecular formula is C11H14O3. The molecule has 0 aromatic carbocycles. The summed E-state index contributed by atoms with van der Waals surface area (Å²) >= 11 is 0. The van der Waals surface area contributed by atoms with Crippen molar-refractivity contribution in [3.05, 3.63) is 0 Å². The summed E-state index contributed by atoms with van der Waals surface area (Å²) in [6.07, 6.45) is 2.57. The predicted octanol–water partition coefficient (Wildman–Crippen LogP) is 1.29. The minimum Gasteiger partial charge on any atom is -0.299 e. The highest BCUT2D eigenvalue weighted by Gasteiger charge is 2.50. The first-order valence-corrected chi connectivity index (χ1v) is 5.16. The molecule has 2 aliphatic carbocycles. The van der Waals surface area contributed by atoms with Crippen LogP contribution in [0, 0.1) is 11.3 Å². The molecule has 3 heteroatoms. The minimum absolute atomic E-state index is 0.0394. The van der Waals surface area contributed by atoms with Crippen molar-refractivity contribution in [3.63, 3.8) is 0 Å². The van der Waals surface area contributed by atoms with E-state index in [9.17, 15) is 14.4 Å². The Bertz CT molecular complexity index is 318. The molecule has 0 N–H and O–H groups in total. The maximum atomic E-state index is 11.9. The number of fused-ring (bicyclic) bond motifs is 2. The lowest BCUT2D eigenvalue weighted by Gasteiger charge is -2.31. The van der Waals surface area contributed by atoms with Crippen LogP contribution in [0.1, 0.15) is 39.0 Å². The smallest absolute Gasteiger partial charge is 0.156 e. The van der Waals surface area contributed by atoms with E-state index in [4.69, 9.17) is 0 Å². The Kier molecular flexibility index (Phi) is 2.05. The van der Waals surface area contributed by atoms with E-state index in [0.717, 1.165) is 0 Å². The highest BCUT2D eigenvalue weighted by Crippen LogP contribution is 2.40. The van der Waals surface area contributed by atoms with Crippen molar-refractivity contribution >= 4 is 17.3 Å². The largest absolute Gasteiger partial charge is 0.299 e. The van der Waals surface area contributed by atoms with Crippen LogP contribution in [0.3, 0.4) is 0 Å². The lowest BCUT2D eigenvalue weighted by atomic mass is 9.67. The molecular weight excluding hydrogens is 180 g/mol. The van der Waals surface area contributed by atoms with Gasteiger partial charge in [-0.05, 0) is 26.2 Å². The van der Waals surface area contributed by atoms with E-state index < -0.39 is 11.3 Å². The Labute approximate surface area is 82.9 Å². The van der Waals surface area contributed by atoms with Crippen LogP contribution >= 0.6 is 0 Å². The van der Waals surface area contributed by atoms with Crippen LogP contribution in [0.5, 0.6) is 0 Å². The topological polar surface area (TPSA) is 51.2 Å². The summed E-state index contributed by atoms with van der Waals surface area (Å²) in [5, 5.41) is 0. The molecule has 0 aromatic heterocycles. The molecule has 0 radical (unpaired) electrons. The van der Waals surface area contributed by atoms with Gasteiger partial charge >= 0.3 is 0 Å². The number of carbonyl (C=O) groups excluding carboxylic acids is 3. The molecule has 2 aliphatic rings. The Morgan fingerprint density at radius 2 is 1.93 bits per heavy atom. The van der Waals surface area contributed by atoms with Gasteiger partial charge in [-0.25, -0.2) is 0 Å². The van der Waals surface area contributed by atoms with Crippen molar-refractivity contribution in [2.45, 2.75) is 39.0 Å². The van der Waals surface area contributed by atoms with Gasteiger partial charge in [-0.15, -0.1) is 0 Å². The fourth-order valence-electron chi connectivity index (χ4n) is 2.51. The van der Waals surface area contributed by atoms with E-state index in [0.29, 0.717) is 32.1 Å². The number of carbonyl (C=O) groups is 3. The average Bonchev–Trinajstić information content (AvgIpc) is 2.22. The summed E-state index contributed by atoms with van der Waals surface area (Å²) in [6, 6.07) is 0. The van der Waals surface area contributed by atoms with E-state index in [1.165, 1.54) is 0 Å². The molecule has 2 atom stereocenters. The molecule has 2 fully saturated rings. The summed E-state index contributed by atoms with van der Waals surface area (Å²) in [5.41, 5.74) is -0.838. The Balaban J connectivity index is 2.41. The van der Waals surface area contributed by atoms with Gasteiger partial charge in [-0.2, -0.15) is 0 Å². The zero-order valence-electron chi connectivity index (χ0n) is 8.34. The second-order valence-corrected chi connectivity index (χ2v) is 4.53. The van der Waals surface area contributed by atoms with E-state index >= 15 is 0 Å². The molecule has 2 rings (SSSR count). The first-order valence-electron chi connectivity index (χ1n) is 5.16. The molecule has 0 aromatic rings. The fraction of sp³-hybridized carbons (Fsp3) is 0.727.